The maximum atomic E-state index is 11.9. The molecule has 0 spiro atoms. The number of hydrogen-bond acceptors (Lipinski definition) is 7. The van der Waals surface area contributed by atoms with Gasteiger partial charge >= 0.3 is 5.97 Å². The predicted octanol–water partition coefficient (Wildman–Crippen LogP) is 2.71. The number of ether oxygens (including phenoxy) is 2. The predicted molar refractivity (Wildman–Crippen MR) is 86.8 cm³/mol. The lowest BCUT2D eigenvalue weighted by atomic mass is 10.1. The topological polar surface area (TPSA) is 114 Å². The molecule has 2 heterocycles. The maximum absolute atomic E-state index is 11.9. The van der Waals surface area contributed by atoms with Crippen molar-refractivity contribution in [1.82, 2.24) is 20.4 Å². The first kappa shape index (κ1) is 16.1. The van der Waals surface area contributed by atoms with Gasteiger partial charge in [0.05, 0.1) is 12.2 Å². The van der Waals surface area contributed by atoms with E-state index in [1.165, 1.54) is 6.20 Å². The molecule has 0 unspecified atom stereocenters. The van der Waals surface area contributed by atoms with E-state index in [9.17, 15) is 4.79 Å². The average molecular weight is 335 g/mol. The Morgan fingerprint density at radius 2 is 2.00 bits per heavy atom. The minimum absolute atomic E-state index is 0.129. The minimum Gasteiger partial charge on any atom is -0.461 e. The number of aromatic amines is 1. The average Bonchev–Trinajstić information content (AvgIpc) is 3.13. The van der Waals surface area contributed by atoms with E-state index in [4.69, 9.17) is 14.7 Å². The molecule has 1 N–H and O–H groups in total. The first-order valence-electron chi connectivity index (χ1n) is 7.43. The van der Waals surface area contributed by atoms with Crippen LogP contribution >= 0.6 is 0 Å². The normalized spacial score (nSPS) is 10.1. The molecule has 1 aromatic carbocycles. The van der Waals surface area contributed by atoms with Gasteiger partial charge in [-0.05, 0) is 37.3 Å². The van der Waals surface area contributed by atoms with Gasteiger partial charge in [-0.25, -0.2) is 9.78 Å². The van der Waals surface area contributed by atoms with Gasteiger partial charge in [0, 0.05) is 17.8 Å². The zero-order chi connectivity index (χ0) is 17.6. The highest BCUT2D eigenvalue weighted by molar-refractivity contribution is 5.93. The Morgan fingerprint density at radius 3 is 2.64 bits per heavy atom. The van der Waals surface area contributed by atoms with E-state index < -0.39 is 5.97 Å². The molecular weight excluding hydrogens is 322 g/mol. The Kier molecular flexibility index (Phi) is 4.67. The summed E-state index contributed by atoms with van der Waals surface area (Å²) in [4.78, 5) is 15.9. The standard InChI is InChI=1S/C17H13N5O3/c1-2-24-17(23)16-15(20-22-21-16)12-4-6-13(7-5-12)25-14-8-3-11(9-18)10-19-14/h3-8,10H,2H2,1H3,(H,20,21,22). The van der Waals surface area contributed by atoms with Crippen molar-refractivity contribution < 1.29 is 14.3 Å². The summed E-state index contributed by atoms with van der Waals surface area (Å²) < 4.78 is 10.6. The molecular formula is C17H13N5O3. The van der Waals surface area contributed by atoms with E-state index in [0.717, 1.165) is 0 Å². The van der Waals surface area contributed by atoms with Crippen LogP contribution in [0.3, 0.4) is 0 Å². The van der Waals surface area contributed by atoms with E-state index in [1.807, 2.05) is 6.07 Å². The fourth-order valence-corrected chi connectivity index (χ4v) is 2.08. The van der Waals surface area contributed by atoms with Gasteiger partial charge in [0.15, 0.2) is 5.69 Å². The second-order valence-corrected chi connectivity index (χ2v) is 4.86. The smallest absolute Gasteiger partial charge is 0.361 e. The van der Waals surface area contributed by atoms with Gasteiger partial charge in [-0.2, -0.15) is 15.6 Å². The third kappa shape index (κ3) is 3.61. The number of H-pyrrole nitrogens is 1. The first-order chi connectivity index (χ1) is 12.2. The Hall–Kier alpha value is -3.73. The number of nitrogens with zero attached hydrogens (tertiary/aromatic N) is 4. The van der Waals surface area contributed by atoms with Crippen molar-refractivity contribution in [3.63, 3.8) is 0 Å². The summed E-state index contributed by atoms with van der Waals surface area (Å²) in [6.07, 6.45) is 1.44. The van der Waals surface area contributed by atoms with Crippen molar-refractivity contribution in [2.75, 3.05) is 6.61 Å². The fraction of sp³-hybridized carbons (Fsp3) is 0.118. The SMILES string of the molecule is CCOC(=O)c1n[nH]nc1-c1ccc(Oc2ccc(C#N)cn2)cc1. The van der Waals surface area contributed by atoms with Gasteiger partial charge in [-0.15, -0.1) is 5.10 Å². The zero-order valence-electron chi connectivity index (χ0n) is 13.3. The van der Waals surface area contributed by atoms with E-state index >= 15 is 0 Å². The molecule has 0 saturated heterocycles. The van der Waals surface area contributed by atoms with Gasteiger partial charge < -0.3 is 9.47 Å². The van der Waals surface area contributed by atoms with E-state index in [0.29, 0.717) is 28.5 Å². The molecule has 0 aliphatic rings. The second-order valence-electron chi connectivity index (χ2n) is 4.86. The maximum Gasteiger partial charge on any atom is 0.361 e. The zero-order valence-corrected chi connectivity index (χ0v) is 13.3. The van der Waals surface area contributed by atoms with Crippen LogP contribution in [0.15, 0.2) is 42.6 Å². The summed E-state index contributed by atoms with van der Waals surface area (Å²) in [6.45, 7) is 1.98. The molecule has 0 radical (unpaired) electrons. The third-order valence-electron chi connectivity index (χ3n) is 3.23. The molecule has 0 amide bonds. The number of aromatic nitrogens is 4. The second kappa shape index (κ2) is 7.23. The number of carbonyl (C=O) groups excluding carboxylic acids is 1. The molecule has 8 heteroatoms. The Labute approximate surface area is 143 Å². The number of rotatable bonds is 5. The molecule has 8 nitrogen and oxygen atoms in total. The number of carbonyl (C=O) groups is 1. The molecule has 0 saturated carbocycles. The molecule has 124 valence electrons. The van der Waals surface area contributed by atoms with Crippen molar-refractivity contribution in [3.05, 3.63) is 53.9 Å². The van der Waals surface area contributed by atoms with Crippen LogP contribution in [0.2, 0.25) is 0 Å². The highest BCUT2D eigenvalue weighted by Crippen LogP contribution is 2.25. The number of nitrogens with one attached hydrogen (secondary N) is 1. The summed E-state index contributed by atoms with van der Waals surface area (Å²) >= 11 is 0. The molecule has 0 bridgehead atoms. The lowest BCUT2D eigenvalue weighted by molar-refractivity contribution is 0.0520. The summed E-state index contributed by atoms with van der Waals surface area (Å²) in [5.41, 5.74) is 1.68. The largest absolute Gasteiger partial charge is 0.461 e. The summed E-state index contributed by atoms with van der Waals surface area (Å²) in [6, 6.07) is 12.2. The van der Waals surface area contributed by atoms with Crippen molar-refractivity contribution >= 4 is 5.97 Å². The lowest BCUT2D eigenvalue weighted by Gasteiger charge is -2.05. The van der Waals surface area contributed by atoms with Gasteiger partial charge in [0.25, 0.3) is 0 Å². The van der Waals surface area contributed by atoms with E-state index in [2.05, 4.69) is 20.4 Å². The fourth-order valence-electron chi connectivity index (χ4n) is 2.08. The first-order valence-corrected chi connectivity index (χ1v) is 7.43. The number of benzene rings is 1. The molecule has 25 heavy (non-hydrogen) atoms. The van der Waals surface area contributed by atoms with Crippen molar-refractivity contribution in [1.29, 1.82) is 5.26 Å². The molecule has 3 aromatic rings. The molecule has 0 atom stereocenters. The van der Waals surface area contributed by atoms with Gasteiger partial charge in [0.1, 0.15) is 17.5 Å². The van der Waals surface area contributed by atoms with Crippen LogP contribution in [0, 0.1) is 11.3 Å². The molecule has 0 aliphatic carbocycles. The number of hydrogen-bond donors (Lipinski definition) is 1. The van der Waals surface area contributed by atoms with Crippen LogP contribution in [0.1, 0.15) is 23.0 Å². The van der Waals surface area contributed by atoms with Crippen LogP contribution in [0.5, 0.6) is 11.6 Å². The highest BCUT2D eigenvalue weighted by Gasteiger charge is 2.18. The van der Waals surface area contributed by atoms with Crippen molar-refractivity contribution in [2.45, 2.75) is 6.92 Å². The number of pyridine rings is 1. The van der Waals surface area contributed by atoms with Gasteiger partial charge in [0.2, 0.25) is 5.88 Å². The van der Waals surface area contributed by atoms with Crippen LogP contribution in [0.25, 0.3) is 11.3 Å². The van der Waals surface area contributed by atoms with E-state index in [-0.39, 0.29) is 12.3 Å². The molecule has 0 fully saturated rings. The summed E-state index contributed by atoms with van der Waals surface area (Å²) in [7, 11) is 0. The number of nitriles is 1. The molecule has 3 rings (SSSR count). The number of esters is 1. The van der Waals surface area contributed by atoms with Gasteiger partial charge in [-0.1, -0.05) is 0 Å². The third-order valence-corrected chi connectivity index (χ3v) is 3.23. The van der Waals surface area contributed by atoms with Crippen LogP contribution in [-0.4, -0.2) is 33.0 Å². The monoisotopic (exact) mass is 335 g/mol. The summed E-state index contributed by atoms with van der Waals surface area (Å²) in [5.74, 6) is 0.399. The lowest BCUT2D eigenvalue weighted by Crippen LogP contribution is -2.06. The quantitative estimate of drug-likeness (QED) is 0.713. The summed E-state index contributed by atoms with van der Waals surface area (Å²) in [5, 5.41) is 19.0. The Bertz CT molecular complexity index is 911. The van der Waals surface area contributed by atoms with Crippen LogP contribution < -0.4 is 4.74 Å². The minimum atomic E-state index is -0.534. The van der Waals surface area contributed by atoms with Crippen molar-refractivity contribution in [3.8, 4) is 29.0 Å². The Morgan fingerprint density at radius 1 is 1.20 bits per heavy atom. The molecule has 0 aliphatic heterocycles. The van der Waals surface area contributed by atoms with E-state index in [1.54, 1.807) is 43.3 Å². The van der Waals surface area contributed by atoms with Crippen LogP contribution in [0.4, 0.5) is 0 Å². The highest BCUT2D eigenvalue weighted by atomic mass is 16.5. The van der Waals surface area contributed by atoms with Crippen molar-refractivity contribution in [2.24, 2.45) is 0 Å². The Balaban J connectivity index is 1.77. The van der Waals surface area contributed by atoms with Crippen LogP contribution in [-0.2, 0) is 4.74 Å². The molecule has 2 aromatic heterocycles. The van der Waals surface area contributed by atoms with Gasteiger partial charge in [-0.3, -0.25) is 0 Å².